The van der Waals surface area contributed by atoms with E-state index in [1.54, 1.807) is 18.5 Å². The number of nitrogens with zero attached hydrogens (tertiary/aromatic N) is 2. The van der Waals surface area contributed by atoms with E-state index in [1.807, 2.05) is 6.07 Å². The van der Waals surface area contributed by atoms with Crippen molar-refractivity contribution in [1.29, 1.82) is 0 Å². The number of aromatic nitrogens is 2. The molecular formula is C10H10BrN3O2. The summed E-state index contributed by atoms with van der Waals surface area (Å²) in [5.41, 5.74) is 6.12. The molecular weight excluding hydrogens is 274 g/mol. The zero-order valence-corrected chi connectivity index (χ0v) is 9.98. The smallest absolute Gasteiger partial charge is 0.174 e. The van der Waals surface area contributed by atoms with Crippen molar-refractivity contribution in [3.8, 4) is 5.75 Å². The van der Waals surface area contributed by atoms with Gasteiger partial charge in [-0.05, 0) is 22.0 Å². The van der Waals surface area contributed by atoms with Crippen LogP contribution in [0.5, 0.6) is 5.75 Å². The first-order valence-corrected chi connectivity index (χ1v) is 5.45. The molecule has 0 aromatic carbocycles. The van der Waals surface area contributed by atoms with E-state index in [9.17, 15) is 0 Å². The van der Waals surface area contributed by atoms with Gasteiger partial charge in [0.15, 0.2) is 5.76 Å². The van der Waals surface area contributed by atoms with Gasteiger partial charge in [0.1, 0.15) is 12.4 Å². The molecule has 0 bridgehead atoms. The number of nitrogens with two attached hydrogens (primary N) is 1. The van der Waals surface area contributed by atoms with E-state index in [4.69, 9.17) is 15.0 Å². The first-order valence-electron chi connectivity index (χ1n) is 4.66. The van der Waals surface area contributed by atoms with E-state index in [2.05, 4.69) is 26.1 Å². The Morgan fingerprint density at radius 2 is 2.25 bits per heavy atom. The van der Waals surface area contributed by atoms with Gasteiger partial charge in [-0.15, -0.1) is 0 Å². The van der Waals surface area contributed by atoms with Gasteiger partial charge in [-0.3, -0.25) is 4.98 Å². The molecule has 0 aliphatic carbocycles. The van der Waals surface area contributed by atoms with Crippen LogP contribution in [0.2, 0.25) is 0 Å². The number of ether oxygens (including phenoxy) is 1. The number of pyridine rings is 1. The maximum atomic E-state index is 5.46. The van der Waals surface area contributed by atoms with Crippen molar-refractivity contribution < 1.29 is 9.26 Å². The van der Waals surface area contributed by atoms with E-state index in [0.717, 1.165) is 4.47 Å². The van der Waals surface area contributed by atoms with Crippen molar-refractivity contribution in [2.45, 2.75) is 13.2 Å². The third-order valence-corrected chi connectivity index (χ3v) is 2.31. The molecule has 2 rings (SSSR count). The second-order valence-corrected chi connectivity index (χ2v) is 4.03. The fourth-order valence-corrected chi connectivity index (χ4v) is 1.49. The third kappa shape index (κ3) is 2.80. The topological polar surface area (TPSA) is 74.2 Å². The van der Waals surface area contributed by atoms with Gasteiger partial charge in [-0.25, -0.2) is 0 Å². The van der Waals surface area contributed by atoms with Crippen molar-refractivity contribution in [3.05, 3.63) is 40.5 Å². The number of halogens is 1. The Hall–Kier alpha value is -1.40. The molecule has 5 nitrogen and oxygen atoms in total. The zero-order valence-electron chi connectivity index (χ0n) is 8.39. The predicted molar refractivity (Wildman–Crippen MR) is 60.7 cm³/mol. The second kappa shape index (κ2) is 5.09. The molecule has 0 aliphatic rings. The molecule has 0 saturated heterocycles. The van der Waals surface area contributed by atoms with Crippen LogP contribution in [0.15, 0.2) is 33.5 Å². The molecule has 0 atom stereocenters. The predicted octanol–water partition coefficient (Wildman–Crippen LogP) is 1.87. The van der Waals surface area contributed by atoms with Gasteiger partial charge in [0, 0.05) is 23.3 Å². The summed E-state index contributed by atoms with van der Waals surface area (Å²) in [6.45, 7) is 0.674. The van der Waals surface area contributed by atoms with Crippen LogP contribution in [0, 0.1) is 0 Å². The lowest BCUT2D eigenvalue weighted by atomic mass is 10.4. The fraction of sp³-hybridized carbons (Fsp3) is 0.200. The lowest BCUT2D eigenvalue weighted by Crippen LogP contribution is -1.96. The molecule has 0 radical (unpaired) electrons. The highest BCUT2D eigenvalue weighted by atomic mass is 79.9. The molecule has 0 spiro atoms. The highest BCUT2D eigenvalue weighted by Gasteiger charge is 2.03. The van der Waals surface area contributed by atoms with Crippen LogP contribution >= 0.6 is 15.9 Å². The second-order valence-electron chi connectivity index (χ2n) is 3.12. The molecule has 84 valence electrons. The van der Waals surface area contributed by atoms with Crippen molar-refractivity contribution >= 4 is 15.9 Å². The van der Waals surface area contributed by atoms with E-state index in [-0.39, 0.29) is 0 Å². The first kappa shape index (κ1) is 11.1. The molecule has 0 unspecified atom stereocenters. The Morgan fingerprint density at radius 3 is 2.94 bits per heavy atom. The largest absolute Gasteiger partial charge is 0.484 e. The minimum absolute atomic E-state index is 0.311. The standard InChI is InChI=1S/C10H10BrN3O2/c11-7-1-9(5-13-4-7)15-6-10-2-8(3-12)14-16-10/h1-2,4-5H,3,6,12H2. The summed E-state index contributed by atoms with van der Waals surface area (Å²) in [6.07, 6.45) is 3.32. The summed E-state index contributed by atoms with van der Waals surface area (Å²) in [5, 5.41) is 3.76. The highest BCUT2D eigenvalue weighted by molar-refractivity contribution is 9.10. The number of rotatable bonds is 4. The van der Waals surface area contributed by atoms with Gasteiger partial charge in [0.2, 0.25) is 0 Å². The molecule has 2 heterocycles. The minimum Gasteiger partial charge on any atom is -0.484 e. The van der Waals surface area contributed by atoms with Crippen LogP contribution in [0.1, 0.15) is 11.5 Å². The van der Waals surface area contributed by atoms with Crippen molar-refractivity contribution in [2.75, 3.05) is 0 Å². The quantitative estimate of drug-likeness (QED) is 0.927. The van der Waals surface area contributed by atoms with Gasteiger partial charge in [-0.1, -0.05) is 5.16 Å². The lowest BCUT2D eigenvalue weighted by molar-refractivity contribution is 0.247. The van der Waals surface area contributed by atoms with Gasteiger partial charge >= 0.3 is 0 Å². The number of hydrogen-bond acceptors (Lipinski definition) is 5. The summed E-state index contributed by atoms with van der Waals surface area (Å²) in [5.74, 6) is 1.31. The maximum absolute atomic E-state index is 5.46. The van der Waals surface area contributed by atoms with E-state index in [1.165, 1.54) is 0 Å². The van der Waals surface area contributed by atoms with Crippen LogP contribution in [-0.2, 0) is 13.2 Å². The molecule has 0 aliphatic heterocycles. The van der Waals surface area contributed by atoms with Crippen molar-refractivity contribution in [2.24, 2.45) is 5.73 Å². The van der Waals surface area contributed by atoms with E-state index >= 15 is 0 Å². The van der Waals surface area contributed by atoms with Gasteiger partial charge in [0.05, 0.1) is 11.9 Å². The summed E-state index contributed by atoms with van der Waals surface area (Å²) < 4.78 is 11.3. The minimum atomic E-state index is 0.311. The molecule has 2 aromatic heterocycles. The van der Waals surface area contributed by atoms with Gasteiger partial charge < -0.3 is 15.0 Å². The Labute approximate surface area is 101 Å². The molecule has 0 amide bonds. The van der Waals surface area contributed by atoms with Crippen molar-refractivity contribution in [1.82, 2.24) is 10.1 Å². The van der Waals surface area contributed by atoms with Gasteiger partial charge in [0.25, 0.3) is 0 Å². The van der Waals surface area contributed by atoms with Crippen LogP contribution in [-0.4, -0.2) is 10.1 Å². The normalized spacial score (nSPS) is 10.4. The molecule has 0 saturated carbocycles. The third-order valence-electron chi connectivity index (χ3n) is 1.88. The van der Waals surface area contributed by atoms with Gasteiger partial charge in [-0.2, -0.15) is 0 Å². The zero-order chi connectivity index (χ0) is 11.4. The Bertz CT molecular complexity index is 473. The SMILES string of the molecule is NCc1cc(COc2cncc(Br)c2)on1. The van der Waals surface area contributed by atoms with Crippen LogP contribution in [0.4, 0.5) is 0 Å². The lowest BCUT2D eigenvalue weighted by Gasteiger charge is -2.02. The van der Waals surface area contributed by atoms with Crippen LogP contribution in [0.3, 0.4) is 0 Å². The fourth-order valence-electron chi connectivity index (χ4n) is 1.15. The number of hydrogen-bond donors (Lipinski definition) is 1. The summed E-state index contributed by atoms with van der Waals surface area (Å²) in [7, 11) is 0. The summed E-state index contributed by atoms with van der Waals surface area (Å²) >= 11 is 3.31. The highest BCUT2D eigenvalue weighted by Crippen LogP contribution is 2.17. The molecule has 2 aromatic rings. The summed E-state index contributed by atoms with van der Waals surface area (Å²) in [6, 6.07) is 3.60. The first-order chi connectivity index (χ1) is 7.78. The Balaban J connectivity index is 1.96. The monoisotopic (exact) mass is 283 g/mol. The average molecular weight is 284 g/mol. The molecule has 0 fully saturated rings. The summed E-state index contributed by atoms with van der Waals surface area (Å²) in [4.78, 5) is 3.98. The van der Waals surface area contributed by atoms with Crippen LogP contribution < -0.4 is 10.5 Å². The Morgan fingerprint density at radius 1 is 1.38 bits per heavy atom. The van der Waals surface area contributed by atoms with E-state index < -0.39 is 0 Å². The molecule has 6 heteroatoms. The molecule has 16 heavy (non-hydrogen) atoms. The van der Waals surface area contributed by atoms with E-state index in [0.29, 0.717) is 30.4 Å². The maximum Gasteiger partial charge on any atom is 0.174 e. The average Bonchev–Trinajstić information content (AvgIpc) is 2.74. The Kier molecular flexibility index (Phi) is 3.53. The van der Waals surface area contributed by atoms with Crippen LogP contribution in [0.25, 0.3) is 0 Å². The van der Waals surface area contributed by atoms with Crippen molar-refractivity contribution in [3.63, 3.8) is 0 Å². The molecule has 2 N–H and O–H groups in total.